The molecule has 1 heterocycles. The van der Waals surface area contributed by atoms with Crippen molar-refractivity contribution in [3.05, 3.63) is 29.8 Å². The fraction of sp³-hybridized carbons (Fsp3) is 0.600. The summed E-state index contributed by atoms with van der Waals surface area (Å²) in [5.74, 6) is 0.861. The van der Waals surface area contributed by atoms with E-state index in [4.69, 9.17) is 0 Å². The lowest BCUT2D eigenvalue weighted by atomic mass is 9.85. The molecule has 0 saturated heterocycles. The van der Waals surface area contributed by atoms with Crippen molar-refractivity contribution < 1.29 is 8.42 Å². The topological polar surface area (TPSA) is 46.2 Å². The molecule has 1 aliphatic carbocycles. The number of rotatable bonds is 2. The number of nitrogens with one attached hydrogen (secondary N) is 1. The van der Waals surface area contributed by atoms with Gasteiger partial charge in [0.1, 0.15) is 0 Å². The fourth-order valence-electron chi connectivity index (χ4n) is 3.41. The zero-order valence-corrected chi connectivity index (χ0v) is 12.1. The van der Waals surface area contributed by atoms with Gasteiger partial charge in [-0.25, -0.2) is 8.42 Å². The summed E-state index contributed by atoms with van der Waals surface area (Å²) < 4.78 is 24.3. The first-order valence-electron chi connectivity index (χ1n) is 7.15. The summed E-state index contributed by atoms with van der Waals surface area (Å²) in [6, 6.07) is 7.86. The first kappa shape index (κ1) is 13.1. The third-order valence-corrected chi connectivity index (χ3v) is 6.36. The van der Waals surface area contributed by atoms with E-state index in [1.54, 1.807) is 6.07 Å². The van der Waals surface area contributed by atoms with Crippen LogP contribution in [0.2, 0.25) is 0 Å². The molecule has 0 amide bonds. The molecule has 1 aliphatic heterocycles. The summed E-state index contributed by atoms with van der Waals surface area (Å²) in [6.45, 7) is 2.27. The van der Waals surface area contributed by atoms with Crippen LogP contribution in [0.15, 0.2) is 29.2 Å². The van der Waals surface area contributed by atoms with Crippen LogP contribution in [-0.4, -0.2) is 20.2 Å². The van der Waals surface area contributed by atoms with E-state index in [1.807, 2.05) is 18.2 Å². The summed E-state index contributed by atoms with van der Waals surface area (Å²) in [6.07, 6.45) is 4.97. The van der Waals surface area contributed by atoms with Crippen LogP contribution in [0, 0.1) is 5.92 Å². The Kier molecular flexibility index (Phi) is 3.39. The average molecular weight is 279 g/mol. The molecule has 4 heteroatoms. The minimum absolute atomic E-state index is 0.0215. The predicted octanol–water partition coefficient (Wildman–Crippen LogP) is 2.68. The van der Waals surface area contributed by atoms with Crippen LogP contribution in [-0.2, 0) is 9.84 Å². The summed E-state index contributed by atoms with van der Waals surface area (Å²) >= 11 is 0. The molecule has 19 heavy (non-hydrogen) atoms. The molecule has 1 saturated carbocycles. The van der Waals surface area contributed by atoms with E-state index in [0.717, 1.165) is 5.56 Å². The molecule has 3 rings (SSSR count). The molecule has 1 aromatic rings. The standard InChI is InChI=1S/C15H21NO2S/c1-11-6-2-4-8-13(11)16-14-10-19(17,18)15-9-5-3-7-12(14)15/h3,5,7,9,11,13-14,16H,2,4,6,8,10H2,1H3. The van der Waals surface area contributed by atoms with Crippen molar-refractivity contribution in [1.29, 1.82) is 0 Å². The minimum atomic E-state index is -3.09. The van der Waals surface area contributed by atoms with Crippen molar-refractivity contribution >= 4 is 9.84 Å². The molecule has 104 valence electrons. The van der Waals surface area contributed by atoms with Crippen LogP contribution in [0.5, 0.6) is 0 Å². The van der Waals surface area contributed by atoms with Crippen LogP contribution in [0.4, 0.5) is 0 Å². The average Bonchev–Trinajstić information content (AvgIpc) is 2.65. The lowest BCUT2D eigenvalue weighted by Gasteiger charge is -2.32. The molecule has 3 unspecified atom stereocenters. The van der Waals surface area contributed by atoms with Gasteiger partial charge in [-0.1, -0.05) is 38.0 Å². The summed E-state index contributed by atoms with van der Waals surface area (Å²) in [5, 5.41) is 3.60. The van der Waals surface area contributed by atoms with Crippen molar-refractivity contribution in [1.82, 2.24) is 5.32 Å². The Balaban J connectivity index is 1.84. The molecule has 0 spiro atoms. The van der Waals surface area contributed by atoms with Gasteiger partial charge in [-0.15, -0.1) is 0 Å². The van der Waals surface area contributed by atoms with Gasteiger partial charge < -0.3 is 5.32 Å². The molecule has 0 bridgehead atoms. The Hall–Kier alpha value is -0.870. The van der Waals surface area contributed by atoms with Crippen molar-refractivity contribution in [2.24, 2.45) is 5.92 Å². The van der Waals surface area contributed by atoms with Crippen molar-refractivity contribution in [3.8, 4) is 0 Å². The van der Waals surface area contributed by atoms with Crippen LogP contribution in [0.1, 0.15) is 44.2 Å². The van der Waals surface area contributed by atoms with Crippen molar-refractivity contribution in [3.63, 3.8) is 0 Å². The van der Waals surface area contributed by atoms with Gasteiger partial charge in [0.15, 0.2) is 9.84 Å². The second-order valence-corrected chi connectivity index (χ2v) is 7.91. The highest BCUT2D eigenvalue weighted by molar-refractivity contribution is 7.91. The molecule has 2 aliphatic rings. The van der Waals surface area contributed by atoms with E-state index in [1.165, 1.54) is 25.7 Å². The van der Waals surface area contributed by atoms with Gasteiger partial charge in [0, 0.05) is 12.1 Å². The van der Waals surface area contributed by atoms with E-state index in [0.29, 0.717) is 16.9 Å². The molecule has 3 atom stereocenters. The van der Waals surface area contributed by atoms with Crippen LogP contribution in [0.25, 0.3) is 0 Å². The first-order chi connectivity index (χ1) is 9.08. The normalized spacial score (nSPS) is 33.0. The molecule has 1 fully saturated rings. The van der Waals surface area contributed by atoms with Crippen LogP contribution < -0.4 is 5.32 Å². The van der Waals surface area contributed by atoms with Crippen LogP contribution in [0.3, 0.4) is 0 Å². The molecule has 3 nitrogen and oxygen atoms in total. The third-order valence-electron chi connectivity index (χ3n) is 4.54. The van der Waals surface area contributed by atoms with Gasteiger partial charge in [-0.05, 0) is 30.4 Å². The van der Waals surface area contributed by atoms with Crippen LogP contribution >= 0.6 is 0 Å². The van der Waals surface area contributed by atoms with Crippen molar-refractivity contribution in [2.75, 3.05) is 5.75 Å². The lowest BCUT2D eigenvalue weighted by molar-refractivity contribution is 0.264. The fourth-order valence-corrected chi connectivity index (χ4v) is 5.16. The number of hydrogen-bond acceptors (Lipinski definition) is 3. The maximum atomic E-state index is 12.1. The second kappa shape index (κ2) is 4.91. The highest BCUT2D eigenvalue weighted by atomic mass is 32.2. The summed E-state index contributed by atoms with van der Waals surface area (Å²) in [5.41, 5.74) is 0.959. The largest absolute Gasteiger partial charge is 0.306 e. The molecule has 1 N–H and O–H groups in total. The van der Waals surface area contributed by atoms with E-state index in [9.17, 15) is 8.42 Å². The Morgan fingerprint density at radius 1 is 1.16 bits per heavy atom. The summed E-state index contributed by atoms with van der Waals surface area (Å²) in [7, 11) is -3.09. The molecular weight excluding hydrogens is 258 g/mol. The number of fused-ring (bicyclic) bond motifs is 1. The quantitative estimate of drug-likeness (QED) is 0.905. The molecular formula is C15H21NO2S. The zero-order chi connectivity index (χ0) is 13.5. The van der Waals surface area contributed by atoms with Gasteiger partial charge in [0.25, 0.3) is 0 Å². The van der Waals surface area contributed by atoms with E-state index < -0.39 is 9.84 Å². The Bertz CT molecular complexity index is 567. The number of sulfone groups is 1. The lowest BCUT2D eigenvalue weighted by Crippen LogP contribution is -2.40. The number of hydrogen-bond donors (Lipinski definition) is 1. The second-order valence-electron chi connectivity index (χ2n) is 5.91. The first-order valence-corrected chi connectivity index (χ1v) is 8.81. The highest BCUT2D eigenvalue weighted by Gasteiger charge is 2.36. The van der Waals surface area contributed by atoms with E-state index in [2.05, 4.69) is 12.2 Å². The van der Waals surface area contributed by atoms with Gasteiger partial charge in [0.2, 0.25) is 0 Å². The van der Waals surface area contributed by atoms with Gasteiger partial charge >= 0.3 is 0 Å². The predicted molar refractivity (Wildman–Crippen MR) is 75.8 cm³/mol. The third kappa shape index (κ3) is 2.43. The molecule has 1 aromatic carbocycles. The minimum Gasteiger partial charge on any atom is -0.306 e. The zero-order valence-electron chi connectivity index (χ0n) is 11.3. The maximum absolute atomic E-state index is 12.1. The Morgan fingerprint density at radius 2 is 1.89 bits per heavy atom. The van der Waals surface area contributed by atoms with E-state index in [-0.39, 0.29) is 11.8 Å². The maximum Gasteiger partial charge on any atom is 0.180 e. The molecule has 0 radical (unpaired) electrons. The Labute approximate surface area is 115 Å². The monoisotopic (exact) mass is 279 g/mol. The van der Waals surface area contributed by atoms with Gasteiger partial charge in [-0.2, -0.15) is 0 Å². The SMILES string of the molecule is CC1CCCCC1NC1CS(=O)(=O)c2ccccc21. The molecule has 0 aromatic heterocycles. The van der Waals surface area contributed by atoms with E-state index >= 15 is 0 Å². The van der Waals surface area contributed by atoms with Gasteiger partial charge in [-0.3, -0.25) is 0 Å². The highest BCUT2D eigenvalue weighted by Crippen LogP contribution is 2.35. The van der Waals surface area contributed by atoms with Crippen molar-refractivity contribution in [2.45, 2.75) is 49.6 Å². The summed E-state index contributed by atoms with van der Waals surface area (Å²) in [4.78, 5) is 0.524. The number of benzene rings is 1. The van der Waals surface area contributed by atoms with Gasteiger partial charge in [0.05, 0.1) is 10.6 Å². The smallest absolute Gasteiger partial charge is 0.180 e. The Morgan fingerprint density at radius 3 is 2.68 bits per heavy atom.